The minimum Gasteiger partial charge on any atom is -0.377 e. The Labute approximate surface area is 113 Å². The molecule has 2 rings (SSSR count). The highest BCUT2D eigenvalue weighted by atomic mass is 16.5. The van der Waals surface area contributed by atoms with Crippen molar-refractivity contribution in [1.29, 1.82) is 0 Å². The minimum atomic E-state index is -0.0652. The highest BCUT2D eigenvalue weighted by molar-refractivity contribution is 5.92. The molecule has 2 atom stereocenters. The summed E-state index contributed by atoms with van der Waals surface area (Å²) in [5.41, 5.74) is 0.655. The molecule has 104 valence electrons. The van der Waals surface area contributed by atoms with E-state index in [1.54, 1.807) is 12.4 Å². The number of carbonyl (C=O) groups excluding carboxylic acids is 1. The van der Waals surface area contributed by atoms with Gasteiger partial charge in [-0.25, -0.2) is 9.97 Å². The Kier molecular flexibility index (Phi) is 4.85. The topological polar surface area (TPSA) is 64.1 Å². The normalized spacial score (nSPS) is 23.1. The summed E-state index contributed by atoms with van der Waals surface area (Å²) in [4.78, 5) is 20.6. The average Bonchev–Trinajstić information content (AvgIpc) is 2.48. The van der Waals surface area contributed by atoms with Gasteiger partial charge in [0.2, 0.25) is 5.91 Å². The fraction of sp³-hybridized carbons (Fsp3) is 0.643. The summed E-state index contributed by atoms with van der Waals surface area (Å²) in [6.45, 7) is 4.81. The Morgan fingerprint density at radius 2 is 2.16 bits per heavy atom. The van der Waals surface area contributed by atoms with Crippen LogP contribution >= 0.6 is 0 Å². The van der Waals surface area contributed by atoms with E-state index in [-0.39, 0.29) is 17.9 Å². The van der Waals surface area contributed by atoms with Crippen LogP contribution in [0.25, 0.3) is 0 Å². The Morgan fingerprint density at radius 1 is 1.42 bits per heavy atom. The molecule has 1 aliphatic heterocycles. The van der Waals surface area contributed by atoms with E-state index in [0.29, 0.717) is 5.69 Å². The number of ether oxygens (including phenoxy) is 1. The highest BCUT2D eigenvalue weighted by Crippen LogP contribution is 2.24. The molecule has 1 aliphatic rings. The number of amides is 1. The van der Waals surface area contributed by atoms with E-state index < -0.39 is 0 Å². The fourth-order valence-electron chi connectivity index (χ4n) is 2.38. The van der Waals surface area contributed by atoms with E-state index in [0.717, 1.165) is 38.1 Å². The molecular formula is C14H21N3O2. The highest BCUT2D eigenvalue weighted by Gasteiger charge is 2.30. The first-order chi connectivity index (χ1) is 9.24. The van der Waals surface area contributed by atoms with Gasteiger partial charge in [-0.05, 0) is 19.3 Å². The van der Waals surface area contributed by atoms with Crippen molar-refractivity contribution < 1.29 is 9.53 Å². The summed E-state index contributed by atoms with van der Waals surface area (Å²) in [7, 11) is 0. The van der Waals surface area contributed by atoms with Crippen LogP contribution in [0, 0.1) is 5.92 Å². The van der Waals surface area contributed by atoms with Gasteiger partial charge in [-0.3, -0.25) is 4.79 Å². The lowest BCUT2D eigenvalue weighted by Crippen LogP contribution is -2.37. The van der Waals surface area contributed by atoms with Crippen molar-refractivity contribution in [2.75, 3.05) is 11.9 Å². The zero-order valence-corrected chi connectivity index (χ0v) is 11.6. The first-order valence-electron chi connectivity index (χ1n) is 6.98. The molecule has 0 saturated carbocycles. The number of aryl methyl sites for hydroxylation is 1. The van der Waals surface area contributed by atoms with E-state index in [4.69, 9.17) is 4.74 Å². The van der Waals surface area contributed by atoms with Gasteiger partial charge in [0, 0.05) is 13.0 Å². The van der Waals surface area contributed by atoms with E-state index in [1.807, 2.05) is 6.92 Å². The Hall–Kier alpha value is -1.49. The monoisotopic (exact) mass is 263 g/mol. The number of nitrogens with one attached hydrogen (secondary N) is 1. The summed E-state index contributed by atoms with van der Waals surface area (Å²) >= 11 is 0. The number of hydrogen-bond donors (Lipinski definition) is 1. The zero-order valence-electron chi connectivity index (χ0n) is 11.6. The molecule has 0 spiro atoms. The third-order valence-corrected chi connectivity index (χ3v) is 3.47. The second-order valence-electron chi connectivity index (χ2n) is 4.80. The summed E-state index contributed by atoms with van der Waals surface area (Å²) in [6.07, 6.45) is 6.84. The molecule has 1 N–H and O–H groups in total. The molecule has 0 bridgehead atoms. The molecule has 1 fully saturated rings. The summed E-state index contributed by atoms with van der Waals surface area (Å²) < 4.78 is 5.64. The summed E-state index contributed by atoms with van der Waals surface area (Å²) in [5.74, 6) is 0.731. The molecule has 0 unspecified atom stereocenters. The molecule has 19 heavy (non-hydrogen) atoms. The predicted molar refractivity (Wildman–Crippen MR) is 72.8 cm³/mol. The third kappa shape index (κ3) is 3.50. The molecule has 1 amide bonds. The van der Waals surface area contributed by atoms with Gasteiger partial charge in [0.1, 0.15) is 5.82 Å². The summed E-state index contributed by atoms with van der Waals surface area (Å²) in [5, 5.41) is 2.88. The van der Waals surface area contributed by atoms with E-state index in [9.17, 15) is 4.79 Å². The maximum absolute atomic E-state index is 12.2. The maximum atomic E-state index is 12.2. The van der Waals surface area contributed by atoms with Gasteiger partial charge in [0.05, 0.1) is 30.1 Å². The molecular weight excluding hydrogens is 242 g/mol. The molecule has 2 heterocycles. The standard InChI is InChI=1S/C14H21N3O2/c1-3-12-11(6-5-7-19-12)14(18)17-10-8-15-13(4-2)16-9-10/h8-9,11-12H,3-7H2,1-2H3,(H,17,18)/t11-,12-/m0/s1. The average molecular weight is 263 g/mol. The third-order valence-electron chi connectivity index (χ3n) is 3.47. The van der Waals surface area contributed by atoms with Crippen LogP contribution in [0.1, 0.15) is 38.9 Å². The molecule has 1 aromatic heterocycles. The number of carbonyl (C=O) groups is 1. The van der Waals surface area contributed by atoms with E-state index in [1.165, 1.54) is 0 Å². The number of hydrogen-bond acceptors (Lipinski definition) is 4. The van der Waals surface area contributed by atoms with Gasteiger partial charge in [-0.15, -0.1) is 0 Å². The largest absolute Gasteiger partial charge is 0.377 e. The molecule has 0 radical (unpaired) electrons. The lowest BCUT2D eigenvalue weighted by atomic mass is 9.92. The summed E-state index contributed by atoms with van der Waals surface area (Å²) in [6, 6.07) is 0. The van der Waals surface area contributed by atoms with Crippen LogP contribution in [-0.2, 0) is 16.0 Å². The van der Waals surface area contributed by atoms with Gasteiger partial charge in [0.25, 0.3) is 0 Å². The van der Waals surface area contributed by atoms with Crippen molar-refractivity contribution in [3.8, 4) is 0 Å². The van der Waals surface area contributed by atoms with Crippen LogP contribution in [0.5, 0.6) is 0 Å². The van der Waals surface area contributed by atoms with Crippen molar-refractivity contribution in [2.45, 2.75) is 45.6 Å². The van der Waals surface area contributed by atoms with Crippen molar-refractivity contribution >= 4 is 11.6 Å². The predicted octanol–water partition coefficient (Wildman–Crippen LogP) is 2.18. The second kappa shape index (κ2) is 6.61. The lowest BCUT2D eigenvalue weighted by molar-refractivity contribution is -0.129. The zero-order chi connectivity index (χ0) is 13.7. The van der Waals surface area contributed by atoms with E-state index in [2.05, 4.69) is 22.2 Å². The molecule has 1 aromatic rings. The van der Waals surface area contributed by atoms with Crippen LogP contribution in [0.15, 0.2) is 12.4 Å². The fourth-order valence-corrected chi connectivity index (χ4v) is 2.38. The first kappa shape index (κ1) is 13.9. The molecule has 0 aromatic carbocycles. The van der Waals surface area contributed by atoms with E-state index >= 15 is 0 Å². The van der Waals surface area contributed by atoms with Crippen LogP contribution in [0.4, 0.5) is 5.69 Å². The van der Waals surface area contributed by atoms with Crippen LogP contribution < -0.4 is 5.32 Å². The first-order valence-corrected chi connectivity index (χ1v) is 6.98. The van der Waals surface area contributed by atoms with Crippen LogP contribution in [-0.4, -0.2) is 28.6 Å². The molecule has 5 heteroatoms. The molecule has 0 aliphatic carbocycles. The van der Waals surface area contributed by atoms with Crippen LogP contribution in [0.3, 0.4) is 0 Å². The van der Waals surface area contributed by atoms with Gasteiger partial charge in [0.15, 0.2) is 0 Å². The van der Waals surface area contributed by atoms with Crippen molar-refractivity contribution in [3.05, 3.63) is 18.2 Å². The smallest absolute Gasteiger partial charge is 0.230 e. The van der Waals surface area contributed by atoms with Crippen molar-refractivity contribution in [2.24, 2.45) is 5.92 Å². The SMILES string of the molecule is CCc1ncc(NC(=O)[C@H]2CCCO[C@H]2CC)cn1. The second-order valence-corrected chi connectivity index (χ2v) is 4.80. The number of aromatic nitrogens is 2. The quantitative estimate of drug-likeness (QED) is 0.904. The number of nitrogens with zero attached hydrogens (tertiary/aromatic N) is 2. The van der Waals surface area contributed by atoms with Crippen molar-refractivity contribution in [1.82, 2.24) is 9.97 Å². The van der Waals surface area contributed by atoms with Gasteiger partial charge in [-0.1, -0.05) is 13.8 Å². The van der Waals surface area contributed by atoms with Crippen molar-refractivity contribution in [3.63, 3.8) is 0 Å². The minimum absolute atomic E-state index is 0.0133. The maximum Gasteiger partial charge on any atom is 0.230 e. The molecule has 5 nitrogen and oxygen atoms in total. The number of rotatable bonds is 4. The van der Waals surface area contributed by atoms with Gasteiger partial charge in [-0.2, -0.15) is 0 Å². The molecule has 1 saturated heterocycles. The van der Waals surface area contributed by atoms with Crippen LogP contribution in [0.2, 0.25) is 0 Å². The van der Waals surface area contributed by atoms with Gasteiger partial charge >= 0.3 is 0 Å². The Morgan fingerprint density at radius 3 is 2.79 bits per heavy atom. The Balaban J connectivity index is 1.98. The number of anilines is 1. The lowest BCUT2D eigenvalue weighted by Gasteiger charge is -2.29. The Bertz CT molecular complexity index is 419. The van der Waals surface area contributed by atoms with Gasteiger partial charge < -0.3 is 10.1 Å².